The van der Waals surface area contributed by atoms with Crippen molar-refractivity contribution in [2.75, 3.05) is 6.61 Å². The van der Waals surface area contributed by atoms with E-state index in [-0.39, 0.29) is 6.42 Å². The molecule has 0 heterocycles. The Morgan fingerprint density at radius 2 is 1.60 bits per heavy atom. The summed E-state index contributed by atoms with van der Waals surface area (Å²) in [5.41, 5.74) is 0. The van der Waals surface area contributed by atoms with E-state index < -0.39 is 25.1 Å². The van der Waals surface area contributed by atoms with Crippen LogP contribution in [0.4, 0.5) is 26.3 Å². The Balaban J connectivity index is 4.05. The lowest BCUT2D eigenvalue weighted by atomic mass is 10.3. The molecule has 0 N–H and O–H groups in total. The van der Waals surface area contributed by atoms with Crippen molar-refractivity contribution >= 4 is 0 Å². The van der Waals surface area contributed by atoms with Gasteiger partial charge >= 0.3 is 12.3 Å². The van der Waals surface area contributed by atoms with E-state index in [1.807, 2.05) is 0 Å². The van der Waals surface area contributed by atoms with Crippen molar-refractivity contribution in [3.8, 4) is 0 Å². The maximum absolute atomic E-state index is 12.4. The Labute approximate surface area is 83.4 Å². The minimum atomic E-state index is -5.60. The monoisotopic (exact) mass is 238 g/mol. The number of halogens is 6. The Bertz CT molecular complexity index is 178. The maximum Gasteiger partial charge on any atom is 0.428 e. The van der Waals surface area contributed by atoms with E-state index in [1.165, 1.54) is 0 Å². The van der Waals surface area contributed by atoms with E-state index in [2.05, 4.69) is 4.74 Å². The van der Waals surface area contributed by atoms with Gasteiger partial charge in [0.2, 0.25) is 0 Å². The molecule has 0 aliphatic heterocycles. The first-order valence-electron chi connectivity index (χ1n) is 4.44. The van der Waals surface area contributed by atoms with E-state index >= 15 is 0 Å². The smallest absolute Gasteiger partial charge is 0.318 e. The Morgan fingerprint density at radius 1 is 1.07 bits per heavy atom. The zero-order chi connectivity index (χ0) is 12.1. The molecule has 0 rings (SSSR count). The quantitative estimate of drug-likeness (QED) is 0.506. The highest BCUT2D eigenvalue weighted by Gasteiger charge is 2.58. The molecule has 0 spiro atoms. The molecule has 0 aliphatic carbocycles. The van der Waals surface area contributed by atoms with Crippen LogP contribution in [0.5, 0.6) is 0 Å². The predicted octanol–water partition coefficient (Wildman–Crippen LogP) is 3.69. The molecule has 15 heavy (non-hydrogen) atoms. The van der Waals surface area contributed by atoms with Gasteiger partial charge < -0.3 is 4.74 Å². The van der Waals surface area contributed by atoms with Gasteiger partial charge in [-0.2, -0.15) is 22.0 Å². The molecule has 7 heteroatoms. The normalized spacial score (nSPS) is 15.4. The van der Waals surface area contributed by atoms with Crippen LogP contribution in [-0.2, 0) is 4.74 Å². The summed E-state index contributed by atoms with van der Waals surface area (Å²) in [6, 6.07) is 0. The molecule has 0 aliphatic rings. The van der Waals surface area contributed by atoms with Crippen LogP contribution < -0.4 is 0 Å². The number of ether oxygens (including phenoxy) is 1. The van der Waals surface area contributed by atoms with Gasteiger partial charge in [0.15, 0.2) is 0 Å². The SMILES string of the molecule is CCCCCOC(F)(F)C(F)C(F)(F)F. The molecule has 0 aromatic heterocycles. The zero-order valence-electron chi connectivity index (χ0n) is 8.08. The summed E-state index contributed by atoms with van der Waals surface area (Å²) in [6.07, 6.45) is -13.3. The predicted molar refractivity (Wildman–Crippen MR) is 41.4 cm³/mol. The van der Waals surface area contributed by atoms with Crippen LogP contribution in [0.3, 0.4) is 0 Å². The zero-order valence-corrected chi connectivity index (χ0v) is 8.08. The average Bonchev–Trinajstić information content (AvgIpc) is 2.10. The molecule has 0 aromatic carbocycles. The molecular weight excluding hydrogens is 226 g/mol. The second kappa shape index (κ2) is 5.58. The van der Waals surface area contributed by atoms with Crippen molar-refractivity contribution in [2.24, 2.45) is 0 Å². The van der Waals surface area contributed by atoms with E-state index in [9.17, 15) is 26.3 Å². The summed E-state index contributed by atoms with van der Waals surface area (Å²) in [6.45, 7) is 1.20. The second-order valence-corrected chi connectivity index (χ2v) is 3.02. The summed E-state index contributed by atoms with van der Waals surface area (Å²) >= 11 is 0. The fourth-order valence-electron chi connectivity index (χ4n) is 0.824. The number of alkyl halides is 6. The molecule has 0 fully saturated rings. The molecule has 1 unspecified atom stereocenters. The van der Waals surface area contributed by atoms with Crippen molar-refractivity contribution in [3.63, 3.8) is 0 Å². The Morgan fingerprint density at radius 3 is 2.00 bits per heavy atom. The minimum absolute atomic E-state index is 0.177. The van der Waals surface area contributed by atoms with Gasteiger partial charge in [-0.1, -0.05) is 19.8 Å². The van der Waals surface area contributed by atoms with Gasteiger partial charge in [-0.3, -0.25) is 0 Å². The average molecular weight is 238 g/mol. The van der Waals surface area contributed by atoms with Crippen molar-refractivity contribution in [2.45, 2.75) is 44.6 Å². The van der Waals surface area contributed by atoms with Crippen molar-refractivity contribution < 1.29 is 31.1 Å². The minimum Gasteiger partial charge on any atom is -0.318 e. The van der Waals surface area contributed by atoms with Gasteiger partial charge in [-0.05, 0) is 6.42 Å². The first kappa shape index (κ1) is 14.5. The lowest BCUT2D eigenvalue weighted by molar-refractivity contribution is -0.335. The highest BCUT2D eigenvalue weighted by molar-refractivity contribution is 4.75. The van der Waals surface area contributed by atoms with Gasteiger partial charge in [0, 0.05) is 0 Å². The van der Waals surface area contributed by atoms with Gasteiger partial charge in [-0.25, -0.2) is 4.39 Å². The largest absolute Gasteiger partial charge is 0.428 e. The van der Waals surface area contributed by atoms with E-state index in [1.54, 1.807) is 6.92 Å². The van der Waals surface area contributed by atoms with Crippen molar-refractivity contribution in [1.82, 2.24) is 0 Å². The molecular formula is C8H12F6O. The number of hydrogen-bond donors (Lipinski definition) is 0. The Hall–Kier alpha value is -0.460. The summed E-state index contributed by atoms with van der Waals surface area (Å²) in [5.74, 6) is 0. The van der Waals surface area contributed by atoms with Crippen LogP contribution in [0.2, 0.25) is 0 Å². The van der Waals surface area contributed by atoms with Gasteiger partial charge in [-0.15, -0.1) is 0 Å². The van der Waals surface area contributed by atoms with Crippen LogP contribution in [0.15, 0.2) is 0 Å². The summed E-state index contributed by atoms with van der Waals surface area (Å²) in [5, 5.41) is 0. The second-order valence-electron chi connectivity index (χ2n) is 3.02. The summed E-state index contributed by atoms with van der Waals surface area (Å²) in [7, 11) is 0. The molecule has 0 amide bonds. The third-order valence-electron chi connectivity index (χ3n) is 1.62. The molecule has 0 aromatic rings. The van der Waals surface area contributed by atoms with Crippen molar-refractivity contribution in [3.05, 3.63) is 0 Å². The molecule has 1 atom stereocenters. The van der Waals surface area contributed by atoms with Crippen LogP contribution in [0.1, 0.15) is 26.2 Å². The van der Waals surface area contributed by atoms with Gasteiger partial charge in [0.25, 0.3) is 6.17 Å². The van der Waals surface area contributed by atoms with Crippen LogP contribution in [0, 0.1) is 0 Å². The van der Waals surface area contributed by atoms with Gasteiger partial charge in [0.05, 0.1) is 6.61 Å². The number of unbranched alkanes of at least 4 members (excludes halogenated alkanes) is 2. The van der Waals surface area contributed by atoms with Crippen LogP contribution >= 0.6 is 0 Å². The number of hydrogen-bond acceptors (Lipinski definition) is 1. The first-order chi connectivity index (χ1) is 6.72. The molecule has 0 saturated carbocycles. The lowest BCUT2D eigenvalue weighted by Gasteiger charge is -2.22. The summed E-state index contributed by atoms with van der Waals surface area (Å²) in [4.78, 5) is 0. The van der Waals surface area contributed by atoms with E-state index in [4.69, 9.17) is 0 Å². The number of rotatable bonds is 6. The Kier molecular flexibility index (Phi) is 5.41. The third kappa shape index (κ3) is 5.25. The maximum atomic E-state index is 12.4. The van der Waals surface area contributed by atoms with Crippen LogP contribution in [-0.4, -0.2) is 25.1 Å². The standard InChI is InChI=1S/C8H12F6O/c1-2-3-4-5-15-8(13,14)6(9)7(10,11)12/h6H,2-5H2,1H3. The third-order valence-corrected chi connectivity index (χ3v) is 1.62. The highest BCUT2D eigenvalue weighted by Crippen LogP contribution is 2.35. The molecule has 1 nitrogen and oxygen atoms in total. The fourth-order valence-corrected chi connectivity index (χ4v) is 0.824. The first-order valence-corrected chi connectivity index (χ1v) is 4.44. The van der Waals surface area contributed by atoms with Gasteiger partial charge in [0.1, 0.15) is 0 Å². The molecule has 0 bridgehead atoms. The fraction of sp³-hybridized carbons (Fsp3) is 1.00. The molecule has 92 valence electrons. The summed E-state index contributed by atoms with van der Waals surface area (Å²) < 4.78 is 75.4. The van der Waals surface area contributed by atoms with Crippen molar-refractivity contribution in [1.29, 1.82) is 0 Å². The molecule has 0 saturated heterocycles. The van der Waals surface area contributed by atoms with Crippen LogP contribution in [0.25, 0.3) is 0 Å². The van der Waals surface area contributed by atoms with E-state index in [0.717, 1.165) is 0 Å². The molecule has 0 radical (unpaired) electrons. The lowest BCUT2D eigenvalue weighted by Crippen LogP contribution is -2.43. The van der Waals surface area contributed by atoms with E-state index in [0.29, 0.717) is 12.8 Å². The highest BCUT2D eigenvalue weighted by atomic mass is 19.4. The topological polar surface area (TPSA) is 9.23 Å².